The van der Waals surface area contributed by atoms with Crippen LogP contribution in [0.5, 0.6) is 5.75 Å². The molecule has 0 saturated heterocycles. The fraction of sp³-hybridized carbons (Fsp3) is 0.190. The minimum Gasteiger partial charge on any atom is -0.496 e. The van der Waals surface area contributed by atoms with Crippen molar-refractivity contribution in [3.8, 4) is 5.75 Å². The molecule has 4 rings (SSSR count). The second-order valence-electron chi connectivity index (χ2n) is 6.33. The van der Waals surface area contributed by atoms with Gasteiger partial charge in [0, 0.05) is 10.4 Å². The van der Waals surface area contributed by atoms with E-state index in [1.807, 2.05) is 41.8 Å². The van der Waals surface area contributed by atoms with Crippen molar-refractivity contribution in [2.45, 2.75) is 13.0 Å². The Bertz CT molecular complexity index is 1280. The number of methoxy groups -OCH3 is 2. The summed E-state index contributed by atoms with van der Waals surface area (Å²) in [5.41, 5.74) is 1.54. The highest BCUT2D eigenvalue weighted by Crippen LogP contribution is 2.33. The first-order chi connectivity index (χ1) is 14.0. The molecule has 0 saturated carbocycles. The molecule has 0 amide bonds. The third kappa shape index (κ3) is 3.34. The van der Waals surface area contributed by atoms with Gasteiger partial charge in [-0.3, -0.25) is 9.36 Å². The SMILES string of the molecule is COC(=O)C1=C(C)N=c2sc(=Cc3ccccc3OC)c(=O)n2C1c1cccs1. The lowest BCUT2D eigenvalue weighted by atomic mass is 10.0. The van der Waals surface area contributed by atoms with Gasteiger partial charge >= 0.3 is 5.97 Å². The lowest BCUT2D eigenvalue weighted by Gasteiger charge is -2.22. The Morgan fingerprint density at radius 2 is 2.00 bits per heavy atom. The van der Waals surface area contributed by atoms with E-state index in [-0.39, 0.29) is 5.56 Å². The third-order valence-electron chi connectivity index (χ3n) is 4.67. The molecule has 1 aromatic carbocycles. The van der Waals surface area contributed by atoms with Gasteiger partial charge in [-0.25, -0.2) is 9.79 Å². The highest BCUT2D eigenvalue weighted by molar-refractivity contribution is 7.10. The van der Waals surface area contributed by atoms with Crippen LogP contribution >= 0.6 is 22.7 Å². The van der Waals surface area contributed by atoms with Crippen LogP contribution in [0.3, 0.4) is 0 Å². The second-order valence-corrected chi connectivity index (χ2v) is 8.32. The standard InChI is InChI=1S/C21H18N2O4S2/c1-12-17(20(25)27-3)18(15-9-6-10-28-15)23-19(24)16(29-21(23)22-12)11-13-7-4-5-8-14(13)26-2/h4-11,18H,1-3H3. The highest BCUT2D eigenvalue weighted by atomic mass is 32.1. The zero-order valence-corrected chi connectivity index (χ0v) is 17.7. The number of benzene rings is 1. The largest absolute Gasteiger partial charge is 0.496 e. The molecular formula is C21H18N2O4S2. The molecule has 0 aliphatic carbocycles. The van der Waals surface area contributed by atoms with Crippen LogP contribution in [0.25, 0.3) is 6.08 Å². The van der Waals surface area contributed by atoms with Crippen LogP contribution in [0.1, 0.15) is 23.4 Å². The van der Waals surface area contributed by atoms with Crippen LogP contribution in [-0.4, -0.2) is 24.8 Å². The summed E-state index contributed by atoms with van der Waals surface area (Å²) in [6.07, 6.45) is 1.80. The summed E-state index contributed by atoms with van der Waals surface area (Å²) in [5, 5.41) is 1.92. The monoisotopic (exact) mass is 426 g/mol. The maximum atomic E-state index is 13.4. The van der Waals surface area contributed by atoms with Crippen LogP contribution in [0.4, 0.5) is 0 Å². The third-order valence-corrected chi connectivity index (χ3v) is 6.57. The van der Waals surface area contributed by atoms with Gasteiger partial charge in [-0.2, -0.15) is 0 Å². The van der Waals surface area contributed by atoms with Gasteiger partial charge in [0.15, 0.2) is 4.80 Å². The van der Waals surface area contributed by atoms with Crippen molar-refractivity contribution in [2.24, 2.45) is 4.99 Å². The zero-order chi connectivity index (χ0) is 20.5. The van der Waals surface area contributed by atoms with Crippen LogP contribution in [0.2, 0.25) is 0 Å². The molecule has 0 bridgehead atoms. The zero-order valence-electron chi connectivity index (χ0n) is 16.0. The summed E-state index contributed by atoms with van der Waals surface area (Å²) >= 11 is 2.78. The fourth-order valence-corrected chi connectivity index (χ4v) is 5.20. The first-order valence-electron chi connectivity index (χ1n) is 8.82. The summed E-state index contributed by atoms with van der Waals surface area (Å²) < 4.78 is 12.5. The van der Waals surface area contributed by atoms with Crippen LogP contribution in [0, 0.1) is 0 Å². The molecule has 6 nitrogen and oxygen atoms in total. The number of esters is 1. The maximum Gasteiger partial charge on any atom is 0.338 e. The van der Waals surface area contributed by atoms with Gasteiger partial charge in [-0.05, 0) is 30.5 Å². The molecule has 1 atom stereocenters. The Labute approximate surface area is 174 Å². The molecular weight excluding hydrogens is 408 g/mol. The lowest BCUT2D eigenvalue weighted by molar-refractivity contribution is -0.136. The fourth-order valence-electron chi connectivity index (χ4n) is 3.34. The predicted molar refractivity (Wildman–Crippen MR) is 113 cm³/mol. The average Bonchev–Trinajstić information content (AvgIpc) is 3.36. The van der Waals surface area contributed by atoms with Crippen molar-refractivity contribution in [3.05, 3.63) is 83.2 Å². The Kier molecular flexibility index (Phi) is 5.21. The average molecular weight is 427 g/mol. The number of fused-ring (bicyclic) bond motifs is 1. The molecule has 0 fully saturated rings. The number of rotatable bonds is 4. The summed E-state index contributed by atoms with van der Waals surface area (Å²) in [6, 6.07) is 10.7. The minimum absolute atomic E-state index is 0.202. The van der Waals surface area contributed by atoms with Crippen LogP contribution in [-0.2, 0) is 9.53 Å². The molecule has 3 aromatic rings. The normalized spacial score (nSPS) is 16.4. The van der Waals surface area contributed by atoms with E-state index < -0.39 is 12.0 Å². The number of ether oxygens (including phenoxy) is 2. The van der Waals surface area contributed by atoms with Gasteiger partial charge in [-0.1, -0.05) is 35.6 Å². The van der Waals surface area contributed by atoms with Crippen molar-refractivity contribution in [1.29, 1.82) is 0 Å². The summed E-state index contributed by atoms with van der Waals surface area (Å²) in [7, 11) is 2.93. The number of carbonyl (C=O) groups is 1. The number of carbonyl (C=O) groups excluding carboxylic acids is 1. The second kappa shape index (κ2) is 7.81. The Morgan fingerprint density at radius 1 is 1.21 bits per heavy atom. The number of thiazole rings is 1. The Morgan fingerprint density at radius 3 is 2.69 bits per heavy atom. The summed E-state index contributed by atoms with van der Waals surface area (Å²) in [4.78, 5) is 31.8. The summed E-state index contributed by atoms with van der Waals surface area (Å²) in [6.45, 7) is 1.77. The predicted octanol–water partition coefficient (Wildman–Crippen LogP) is 2.48. The van der Waals surface area contributed by atoms with E-state index in [9.17, 15) is 9.59 Å². The molecule has 1 aliphatic heterocycles. The Hall–Kier alpha value is -2.97. The van der Waals surface area contributed by atoms with E-state index >= 15 is 0 Å². The van der Waals surface area contributed by atoms with Gasteiger partial charge in [0.05, 0.1) is 30.0 Å². The molecule has 2 aromatic heterocycles. The van der Waals surface area contributed by atoms with Crippen molar-refractivity contribution in [2.75, 3.05) is 14.2 Å². The van der Waals surface area contributed by atoms with Gasteiger partial charge < -0.3 is 9.47 Å². The lowest BCUT2D eigenvalue weighted by Crippen LogP contribution is -2.39. The van der Waals surface area contributed by atoms with Crippen molar-refractivity contribution >= 4 is 34.7 Å². The van der Waals surface area contributed by atoms with Crippen LogP contribution in [0.15, 0.2) is 62.8 Å². The first kappa shape index (κ1) is 19.4. The topological polar surface area (TPSA) is 69.9 Å². The molecule has 148 valence electrons. The number of aromatic nitrogens is 1. The molecule has 1 unspecified atom stereocenters. The van der Waals surface area contributed by atoms with E-state index in [0.29, 0.717) is 26.4 Å². The number of para-hydroxylation sites is 1. The molecule has 1 aliphatic rings. The molecule has 0 N–H and O–H groups in total. The molecule has 0 radical (unpaired) electrons. The van der Waals surface area contributed by atoms with E-state index in [4.69, 9.17) is 9.47 Å². The van der Waals surface area contributed by atoms with Gasteiger partial charge in [0.2, 0.25) is 0 Å². The number of nitrogens with zero attached hydrogens (tertiary/aromatic N) is 2. The number of hydrogen-bond acceptors (Lipinski definition) is 7. The van der Waals surface area contributed by atoms with Crippen LogP contribution < -0.4 is 19.6 Å². The molecule has 0 spiro atoms. The maximum absolute atomic E-state index is 13.4. The summed E-state index contributed by atoms with van der Waals surface area (Å²) in [5.74, 6) is 0.197. The quantitative estimate of drug-likeness (QED) is 0.601. The molecule has 8 heteroatoms. The number of hydrogen-bond donors (Lipinski definition) is 0. The first-order valence-corrected chi connectivity index (χ1v) is 10.5. The van der Waals surface area contributed by atoms with E-state index in [0.717, 1.165) is 10.4 Å². The number of thiophene rings is 1. The van der Waals surface area contributed by atoms with Gasteiger partial charge in [-0.15, -0.1) is 11.3 Å². The van der Waals surface area contributed by atoms with Gasteiger partial charge in [0.25, 0.3) is 5.56 Å². The smallest absolute Gasteiger partial charge is 0.338 e. The van der Waals surface area contributed by atoms with Crippen molar-refractivity contribution < 1.29 is 14.3 Å². The number of allylic oxidation sites excluding steroid dienone is 1. The van der Waals surface area contributed by atoms with Crippen molar-refractivity contribution in [3.63, 3.8) is 0 Å². The minimum atomic E-state index is -0.557. The highest BCUT2D eigenvalue weighted by Gasteiger charge is 2.33. The van der Waals surface area contributed by atoms with E-state index in [1.165, 1.54) is 29.8 Å². The van der Waals surface area contributed by atoms with E-state index in [2.05, 4.69) is 4.99 Å². The van der Waals surface area contributed by atoms with Gasteiger partial charge in [0.1, 0.15) is 11.8 Å². The Balaban J connectivity index is 1.98. The molecule has 29 heavy (non-hydrogen) atoms. The molecule has 3 heterocycles. The van der Waals surface area contributed by atoms with Crippen molar-refractivity contribution in [1.82, 2.24) is 4.57 Å². The van der Waals surface area contributed by atoms with E-state index in [1.54, 1.807) is 24.7 Å².